The molecule has 1 aromatic heterocycles. The summed E-state index contributed by atoms with van der Waals surface area (Å²) < 4.78 is 11.5. The lowest BCUT2D eigenvalue weighted by Gasteiger charge is -2.06. The summed E-state index contributed by atoms with van der Waals surface area (Å²) in [6.07, 6.45) is 0.906. The van der Waals surface area contributed by atoms with Gasteiger partial charge in [-0.05, 0) is 34.5 Å². The van der Waals surface area contributed by atoms with Crippen molar-refractivity contribution in [3.05, 3.63) is 28.4 Å². The maximum Gasteiger partial charge on any atom is 0.371 e. The van der Waals surface area contributed by atoms with Crippen molar-refractivity contribution in [2.75, 3.05) is 6.61 Å². The van der Waals surface area contributed by atoms with Crippen LogP contribution >= 0.6 is 15.9 Å². The number of ether oxygens (including phenoxy) is 1. The molecule has 0 aliphatic carbocycles. The molecule has 1 heterocycles. The molecule has 0 atom stereocenters. The van der Waals surface area contributed by atoms with Crippen molar-refractivity contribution in [3.63, 3.8) is 0 Å². The van der Waals surface area contributed by atoms with Crippen LogP contribution in [-0.4, -0.2) is 17.7 Å². The largest absolute Gasteiger partial charge is 0.492 e. The van der Waals surface area contributed by atoms with Crippen molar-refractivity contribution in [2.24, 2.45) is 0 Å². The Labute approximate surface area is 106 Å². The highest BCUT2D eigenvalue weighted by atomic mass is 79.9. The molecular weight excluding hydrogens is 288 g/mol. The van der Waals surface area contributed by atoms with Gasteiger partial charge in [-0.25, -0.2) is 4.79 Å². The van der Waals surface area contributed by atoms with Gasteiger partial charge in [0.25, 0.3) is 0 Å². The Morgan fingerprint density at radius 2 is 2.24 bits per heavy atom. The van der Waals surface area contributed by atoms with E-state index in [-0.39, 0.29) is 5.76 Å². The van der Waals surface area contributed by atoms with Crippen molar-refractivity contribution >= 4 is 32.9 Å². The number of rotatable bonds is 4. The first-order valence-corrected chi connectivity index (χ1v) is 6.00. The third kappa shape index (κ3) is 2.44. The number of carboxylic acid groups (broad SMARTS) is 1. The lowest BCUT2D eigenvalue weighted by atomic mass is 10.2. The molecular formula is C12H11BrO4. The third-order valence-electron chi connectivity index (χ3n) is 2.24. The Morgan fingerprint density at radius 3 is 2.88 bits per heavy atom. The van der Waals surface area contributed by atoms with Crippen LogP contribution in [0.15, 0.2) is 27.1 Å². The molecule has 2 aromatic rings. The van der Waals surface area contributed by atoms with Crippen molar-refractivity contribution in [1.29, 1.82) is 0 Å². The highest BCUT2D eigenvalue weighted by Gasteiger charge is 2.13. The molecule has 2 rings (SSSR count). The van der Waals surface area contributed by atoms with E-state index in [1.807, 2.05) is 6.92 Å². The summed E-state index contributed by atoms with van der Waals surface area (Å²) >= 11 is 3.38. The molecule has 5 heteroatoms. The van der Waals surface area contributed by atoms with E-state index in [0.717, 1.165) is 16.3 Å². The maximum absolute atomic E-state index is 10.8. The van der Waals surface area contributed by atoms with Crippen molar-refractivity contribution in [1.82, 2.24) is 0 Å². The van der Waals surface area contributed by atoms with Crippen LogP contribution in [0.1, 0.15) is 23.9 Å². The molecule has 0 amide bonds. The van der Waals surface area contributed by atoms with Gasteiger partial charge in [-0.2, -0.15) is 0 Å². The van der Waals surface area contributed by atoms with Crippen molar-refractivity contribution in [3.8, 4) is 5.75 Å². The van der Waals surface area contributed by atoms with E-state index in [1.54, 1.807) is 12.1 Å². The van der Waals surface area contributed by atoms with Gasteiger partial charge in [0.1, 0.15) is 11.3 Å². The first-order valence-electron chi connectivity index (χ1n) is 5.21. The molecule has 4 nitrogen and oxygen atoms in total. The summed E-state index contributed by atoms with van der Waals surface area (Å²) in [5, 5.41) is 9.56. The number of hydrogen-bond acceptors (Lipinski definition) is 3. The number of hydrogen-bond donors (Lipinski definition) is 1. The van der Waals surface area contributed by atoms with Crippen LogP contribution in [-0.2, 0) is 0 Å². The molecule has 0 aliphatic rings. The SMILES string of the molecule is CCCOc1cc2oc(C(=O)O)cc2cc1Br. The third-order valence-corrected chi connectivity index (χ3v) is 2.86. The summed E-state index contributed by atoms with van der Waals surface area (Å²) in [5.41, 5.74) is 0.511. The minimum absolute atomic E-state index is 0.0699. The van der Waals surface area contributed by atoms with E-state index in [0.29, 0.717) is 17.9 Å². The molecule has 90 valence electrons. The molecule has 0 fully saturated rings. The normalized spacial score (nSPS) is 10.7. The Balaban J connectivity index is 2.44. The quantitative estimate of drug-likeness (QED) is 0.935. The zero-order chi connectivity index (χ0) is 12.4. The van der Waals surface area contributed by atoms with E-state index in [1.165, 1.54) is 6.07 Å². The molecule has 17 heavy (non-hydrogen) atoms. The summed E-state index contributed by atoms with van der Waals surface area (Å²) in [4.78, 5) is 10.8. The lowest BCUT2D eigenvalue weighted by molar-refractivity contribution is 0.0665. The van der Waals surface area contributed by atoms with Gasteiger partial charge in [-0.1, -0.05) is 6.92 Å². The minimum atomic E-state index is -1.08. The first-order chi connectivity index (χ1) is 8.11. The highest BCUT2D eigenvalue weighted by Crippen LogP contribution is 2.32. The zero-order valence-electron chi connectivity index (χ0n) is 9.20. The van der Waals surface area contributed by atoms with Crippen molar-refractivity contribution in [2.45, 2.75) is 13.3 Å². The summed E-state index contributed by atoms with van der Waals surface area (Å²) in [5.74, 6) is -0.487. The average molecular weight is 299 g/mol. The summed E-state index contributed by atoms with van der Waals surface area (Å²) in [6.45, 7) is 2.62. The van der Waals surface area contributed by atoms with Crippen LogP contribution in [0.3, 0.4) is 0 Å². The first kappa shape index (κ1) is 12.0. The maximum atomic E-state index is 10.8. The molecule has 0 radical (unpaired) electrons. The number of furan rings is 1. The van der Waals surface area contributed by atoms with Gasteiger partial charge in [0.05, 0.1) is 11.1 Å². The predicted octanol–water partition coefficient (Wildman–Crippen LogP) is 3.68. The lowest BCUT2D eigenvalue weighted by Crippen LogP contribution is -1.95. The molecule has 1 aromatic carbocycles. The van der Waals surface area contributed by atoms with Gasteiger partial charge in [-0.15, -0.1) is 0 Å². The van der Waals surface area contributed by atoms with Gasteiger partial charge in [0.15, 0.2) is 0 Å². The Bertz CT molecular complexity index is 559. The molecule has 0 aliphatic heterocycles. The fourth-order valence-electron chi connectivity index (χ4n) is 1.47. The van der Waals surface area contributed by atoms with Crippen LogP contribution in [0.5, 0.6) is 5.75 Å². The standard InChI is InChI=1S/C12H11BrO4/c1-2-3-16-10-6-9-7(4-8(10)13)5-11(17-9)12(14)15/h4-6H,2-3H2,1H3,(H,14,15). The zero-order valence-corrected chi connectivity index (χ0v) is 10.8. The second-order valence-electron chi connectivity index (χ2n) is 3.58. The van der Waals surface area contributed by atoms with Crippen LogP contribution in [0.2, 0.25) is 0 Å². The van der Waals surface area contributed by atoms with Gasteiger partial charge in [0, 0.05) is 11.5 Å². The van der Waals surface area contributed by atoms with Gasteiger partial charge >= 0.3 is 5.97 Å². The highest BCUT2D eigenvalue weighted by molar-refractivity contribution is 9.10. The molecule has 0 unspecified atom stereocenters. The fraction of sp³-hybridized carbons (Fsp3) is 0.250. The summed E-state index contributed by atoms with van der Waals surface area (Å²) in [7, 11) is 0. The van der Waals surface area contributed by atoms with Gasteiger partial charge in [-0.3, -0.25) is 0 Å². The minimum Gasteiger partial charge on any atom is -0.492 e. The Kier molecular flexibility index (Phi) is 3.38. The van der Waals surface area contributed by atoms with Crippen LogP contribution in [0.25, 0.3) is 11.0 Å². The van der Waals surface area contributed by atoms with E-state index in [2.05, 4.69) is 15.9 Å². The molecule has 0 bridgehead atoms. The second-order valence-corrected chi connectivity index (χ2v) is 4.44. The van der Waals surface area contributed by atoms with Crippen LogP contribution in [0, 0.1) is 0 Å². The van der Waals surface area contributed by atoms with E-state index < -0.39 is 5.97 Å². The summed E-state index contributed by atoms with van der Waals surface area (Å²) in [6, 6.07) is 4.98. The number of aromatic carboxylic acids is 1. The number of benzene rings is 1. The average Bonchev–Trinajstić information content (AvgIpc) is 2.68. The fourth-order valence-corrected chi connectivity index (χ4v) is 1.94. The van der Waals surface area contributed by atoms with E-state index in [9.17, 15) is 4.79 Å². The number of halogens is 1. The van der Waals surface area contributed by atoms with Crippen molar-refractivity contribution < 1.29 is 19.1 Å². The predicted molar refractivity (Wildman–Crippen MR) is 66.7 cm³/mol. The second kappa shape index (κ2) is 4.79. The monoisotopic (exact) mass is 298 g/mol. The number of fused-ring (bicyclic) bond motifs is 1. The molecule has 0 spiro atoms. The van der Waals surface area contributed by atoms with E-state index >= 15 is 0 Å². The smallest absolute Gasteiger partial charge is 0.371 e. The molecule has 1 N–H and O–H groups in total. The Morgan fingerprint density at radius 1 is 1.47 bits per heavy atom. The number of carbonyl (C=O) groups is 1. The topological polar surface area (TPSA) is 59.7 Å². The molecule has 0 saturated heterocycles. The van der Waals surface area contributed by atoms with Crippen LogP contribution < -0.4 is 4.74 Å². The van der Waals surface area contributed by atoms with Gasteiger partial charge < -0.3 is 14.3 Å². The Hall–Kier alpha value is -1.49. The van der Waals surface area contributed by atoms with E-state index in [4.69, 9.17) is 14.3 Å². The molecule has 0 saturated carbocycles. The van der Waals surface area contributed by atoms with Gasteiger partial charge in [0.2, 0.25) is 5.76 Å². The number of carboxylic acids is 1. The van der Waals surface area contributed by atoms with Crippen LogP contribution in [0.4, 0.5) is 0 Å².